The van der Waals surface area contributed by atoms with Crippen molar-refractivity contribution in [1.29, 1.82) is 0 Å². The molecule has 2 aromatic heterocycles. The Labute approximate surface area is 171 Å². The van der Waals surface area contributed by atoms with Gasteiger partial charge in [0.1, 0.15) is 9.90 Å². The van der Waals surface area contributed by atoms with Crippen molar-refractivity contribution in [3.8, 4) is 10.6 Å². The lowest BCUT2D eigenvalue weighted by molar-refractivity contribution is 0.599. The van der Waals surface area contributed by atoms with Crippen LogP contribution in [0.4, 0.5) is 5.69 Å². The third-order valence-electron chi connectivity index (χ3n) is 4.45. The molecule has 0 spiro atoms. The minimum absolute atomic E-state index is 0.210. The Balaban J connectivity index is 1.62. The maximum atomic E-state index is 12.8. The number of benzene rings is 2. The van der Waals surface area contributed by atoms with Crippen molar-refractivity contribution in [2.75, 3.05) is 4.72 Å². The number of fused-ring (bicyclic) bond motifs is 1. The van der Waals surface area contributed by atoms with Gasteiger partial charge >= 0.3 is 0 Å². The summed E-state index contributed by atoms with van der Waals surface area (Å²) in [5, 5.41) is 5.71. The highest BCUT2D eigenvalue weighted by Crippen LogP contribution is 2.32. The minimum Gasteiger partial charge on any atom is -0.280 e. The van der Waals surface area contributed by atoms with Crippen LogP contribution in [0.25, 0.3) is 20.8 Å². The van der Waals surface area contributed by atoms with E-state index in [4.69, 9.17) is 11.6 Å². The van der Waals surface area contributed by atoms with Gasteiger partial charge in [-0.1, -0.05) is 11.6 Å². The third kappa shape index (κ3) is 3.39. The van der Waals surface area contributed by atoms with Crippen LogP contribution in [0.2, 0.25) is 5.02 Å². The quantitative estimate of drug-likeness (QED) is 0.504. The summed E-state index contributed by atoms with van der Waals surface area (Å²) in [5.41, 5.74) is 3.34. The van der Waals surface area contributed by atoms with Crippen LogP contribution in [0.1, 0.15) is 11.4 Å². The Kier molecular flexibility index (Phi) is 4.65. The van der Waals surface area contributed by atoms with Crippen LogP contribution in [-0.4, -0.2) is 23.2 Å². The standard InChI is InChI=1S/C19H17ClN4O2S2/c1-11-18(12(2)24(3)22-11)28(25,26)23-15-7-4-13(5-8-15)19-21-16-9-6-14(20)10-17(16)27-19/h4-10,23H,1-3H3. The van der Waals surface area contributed by atoms with Crippen LogP contribution >= 0.6 is 22.9 Å². The van der Waals surface area contributed by atoms with Crippen molar-refractivity contribution in [3.05, 3.63) is 58.9 Å². The lowest BCUT2D eigenvalue weighted by atomic mass is 10.2. The van der Waals surface area contributed by atoms with Crippen molar-refractivity contribution >= 4 is 48.9 Å². The molecule has 0 radical (unpaired) electrons. The zero-order valence-electron chi connectivity index (χ0n) is 15.4. The van der Waals surface area contributed by atoms with E-state index in [-0.39, 0.29) is 4.90 Å². The van der Waals surface area contributed by atoms with Gasteiger partial charge in [0.15, 0.2) is 0 Å². The summed E-state index contributed by atoms with van der Waals surface area (Å²) in [6.07, 6.45) is 0. The van der Waals surface area contributed by atoms with Crippen molar-refractivity contribution in [2.24, 2.45) is 7.05 Å². The summed E-state index contributed by atoms with van der Waals surface area (Å²) < 4.78 is 30.7. The Morgan fingerprint density at radius 2 is 1.82 bits per heavy atom. The van der Waals surface area contributed by atoms with Crippen LogP contribution < -0.4 is 4.72 Å². The van der Waals surface area contributed by atoms with Crippen LogP contribution in [0.3, 0.4) is 0 Å². The molecule has 0 aliphatic rings. The first-order valence-corrected chi connectivity index (χ1v) is 11.1. The Morgan fingerprint density at radius 3 is 2.46 bits per heavy atom. The summed E-state index contributed by atoms with van der Waals surface area (Å²) in [4.78, 5) is 4.82. The Hall–Kier alpha value is -2.42. The number of aromatic nitrogens is 3. The first-order chi connectivity index (χ1) is 13.2. The molecular weight excluding hydrogens is 416 g/mol. The van der Waals surface area contributed by atoms with Gasteiger partial charge in [0.25, 0.3) is 10.0 Å². The fourth-order valence-electron chi connectivity index (χ4n) is 3.05. The van der Waals surface area contributed by atoms with Crippen LogP contribution in [0, 0.1) is 13.8 Å². The van der Waals surface area contributed by atoms with E-state index in [1.807, 2.05) is 30.3 Å². The van der Waals surface area contributed by atoms with E-state index >= 15 is 0 Å². The first-order valence-electron chi connectivity index (χ1n) is 8.44. The number of rotatable bonds is 4. The molecule has 144 valence electrons. The molecule has 9 heteroatoms. The molecule has 0 saturated heterocycles. The lowest BCUT2D eigenvalue weighted by Gasteiger charge is -2.09. The lowest BCUT2D eigenvalue weighted by Crippen LogP contribution is -2.14. The van der Waals surface area contributed by atoms with Gasteiger partial charge in [0.2, 0.25) is 0 Å². The summed E-state index contributed by atoms with van der Waals surface area (Å²) in [5.74, 6) is 0. The summed E-state index contributed by atoms with van der Waals surface area (Å²) in [7, 11) is -1.99. The molecule has 0 fully saturated rings. The van der Waals surface area contributed by atoms with E-state index in [1.54, 1.807) is 49.0 Å². The number of nitrogens with zero attached hydrogens (tertiary/aromatic N) is 3. The highest BCUT2D eigenvalue weighted by molar-refractivity contribution is 7.92. The summed E-state index contributed by atoms with van der Waals surface area (Å²) in [6, 6.07) is 12.7. The second-order valence-electron chi connectivity index (χ2n) is 6.44. The van der Waals surface area contributed by atoms with E-state index in [2.05, 4.69) is 14.8 Å². The smallest absolute Gasteiger partial charge is 0.265 e. The van der Waals surface area contributed by atoms with Gasteiger partial charge in [-0.15, -0.1) is 11.3 Å². The largest absolute Gasteiger partial charge is 0.280 e. The van der Waals surface area contributed by atoms with Gasteiger partial charge in [-0.2, -0.15) is 5.10 Å². The highest BCUT2D eigenvalue weighted by Gasteiger charge is 2.23. The van der Waals surface area contributed by atoms with Crippen molar-refractivity contribution < 1.29 is 8.42 Å². The van der Waals surface area contributed by atoms with Gasteiger partial charge in [-0.3, -0.25) is 9.40 Å². The number of halogens is 1. The Morgan fingerprint density at radius 1 is 1.11 bits per heavy atom. The number of sulfonamides is 1. The van der Waals surface area contributed by atoms with Crippen molar-refractivity contribution in [3.63, 3.8) is 0 Å². The summed E-state index contributed by atoms with van der Waals surface area (Å²) in [6.45, 7) is 3.42. The van der Waals surface area contributed by atoms with E-state index in [0.717, 1.165) is 20.8 Å². The van der Waals surface area contributed by atoms with E-state index in [9.17, 15) is 8.42 Å². The number of nitrogens with one attached hydrogen (secondary N) is 1. The van der Waals surface area contributed by atoms with Gasteiger partial charge < -0.3 is 0 Å². The van der Waals surface area contributed by atoms with E-state index in [0.29, 0.717) is 22.1 Å². The average Bonchev–Trinajstić information content (AvgIpc) is 3.15. The Bertz CT molecular complexity index is 1290. The van der Waals surface area contributed by atoms with Gasteiger partial charge in [-0.05, 0) is 56.3 Å². The monoisotopic (exact) mass is 432 g/mol. The molecule has 0 saturated carbocycles. The molecule has 6 nitrogen and oxygen atoms in total. The number of anilines is 1. The molecule has 1 N–H and O–H groups in total. The predicted octanol–water partition coefficient (Wildman–Crippen LogP) is 4.77. The van der Waals surface area contributed by atoms with Crippen molar-refractivity contribution in [2.45, 2.75) is 18.7 Å². The molecule has 0 amide bonds. The fourth-order valence-corrected chi connectivity index (χ4v) is 5.80. The number of hydrogen-bond donors (Lipinski definition) is 1. The number of hydrogen-bond acceptors (Lipinski definition) is 5. The second-order valence-corrected chi connectivity index (χ2v) is 9.52. The SMILES string of the molecule is Cc1nn(C)c(C)c1S(=O)(=O)Nc1ccc(-c2nc3ccc(Cl)cc3s2)cc1. The molecule has 28 heavy (non-hydrogen) atoms. The number of thiazole rings is 1. The van der Waals surface area contributed by atoms with Crippen LogP contribution in [0.5, 0.6) is 0 Å². The fraction of sp³-hybridized carbons (Fsp3) is 0.158. The maximum Gasteiger partial charge on any atom is 0.265 e. The zero-order chi connectivity index (χ0) is 20.1. The molecule has 0 aliphatic heterocycles. The van der Waals surface area contributed by atoms with Crippen molar-refractivity contribution in [1.82, 2.24) is 14.8 Å². The van der Waals surface area contributed by atoms with Gasteiger partial charge in [-0.25, -0.2) is 13.4 Å². The molecule has 2 heterocycles. The third-order valence-corrected chi connectivity index (χ3v) is 7.38. The maximum absolute atomic E-state index is 12.8. The first kappa shape index (κ1) is 18.9. The topological polar surface area (TPSA) is 76.9 Å². The van der Waals surface area contributed by atoms with E-state index < -0.39 is 10.0 Å². The normalized spacial score (nSPS) is 11.9. The van der Waals surface area contributed by atoms with Gasteiger partial charge in [0, 0.05) is 23.3 Å². The highest BCUT2D eigenvalue weighted by atomic mass is 35.5. The van der Waals surface area contributed by atoms with Crippen LogP contribution in [-0.2, 0) is 17.1 Å². The molecule has 2 aromatic carbocycles. The molecule has 4 rings (SSSR count). The van der Waals surface area contributed by atoms with Crippen LogP contribution in [0.15, 0.2) is 47.4 Å². The average molecular weight is 433 g/mol. The van der Waals surface area contributed by atoms with E-state index in [1.165, 1.54) is 0 Å². The molecule has 4 aromatic rings. The predicted molar refractivity (Wildman–Crippen MR) is 114 cm³/mol. The zero-order valence-corrected chi connectivity index (χ0v) is 17.8. The molecule has 0 bridgehead atoms. The minimum atomic E-state index is -3.72. The molecule has 0 atom stereocenters. The molecule has 0 unspecified atom stereocenters. The molecule has 0 aliphatic carbocycles. The summed E-state index contributed by atoms with van der Waals surface area (Å²) >= 11 is 7.58. The number of aryl methyl sites for hydroxylation is 2. The van der Waals surface area contributed by atoms with Gasteiger partial charge in [0.05, 0.1) is 21.6 Å². The molecular formula is C19H17ClN4O2S2. The second kappa shape index (κ2) is 6.88.